The molecule has 1 fully saturated rings. The van der Waals surface area contributed by atoms with Crippen LogP contribution in [-0.4, -0.2) is 36.2 Å². The van der Waals surface area contributed by atoms with Gasteiger partial charge in [0, 0.05) is 19.4 Å². The van der Waals surface area contributed by atoms with E-state index in [-0.39, 0.29) is 0 Å². The van der Waals surface area contributed by atoms with Crippen molar-refractivity contribution in [3.05, 3.63) is 12.4 Å². The van der Waals surface area contributed by atoms with Crippen molar-refractivity contribution >= 4 is 7.28 Å². The molecule has 2 aliphatic rings. The zero-order valence-electron chi connectivity index (χ0n) is 7.36. The quantitative estimate of drug-likeness (QED) is 0.511. The molecular formula is C8H14BN2. The zero-order chi connectivity index (χ0) is 8.01. The molecule has 3 heteroatoms. The van der Waals surface area contributed by atoms with Crippen LogP contribution in [0.4, 0.5) is 0 Å². The topological polar surface area (TPSA) is 6.48 Å². The normalized spacial score (nSPS) is 41.2. The van der Waals surface area contributed by atoms with Gasteiger partial charge in [-0.1, -0.05) is 12.7 Å². The Labute approximate surface area is 69.1 Å². The van der Waals surface area contributed by atoms with Crippen molar-refractivity contribution in [1.29, 1.82) is 0 Å². The van der Waals surface area contributed by atoms with Crippen LogP contribution in [0.2, 0.25) is 5.82 Å². The van der Waals surface area contributed by atoms with E-state index in [4.69, 9.17) is 0 Å². The summed E-state index contributed by atoms with van der Waals surface area (Å²) in [6, 6.07) is 0. The first kappa shape index (κ1) is 7.08. The van der Waals surface area contributed by atoms with Crippen LogP contribution in [0.5, 0.6) is 0 Å². The lowest BCUT2D eigenvalue weighted by atomic mass is 10.0. The predicted octanol–water partition coefficient (Wildman–Crippen LogP) is 0.903. The first-order chi connectivity index (χ1) is 5.20. The lowest BCUT2D eigenvalue weighted by Crippen LogP contribution is -2.35. The van der Waals surface area contributed by atoms with Gasteiger partial charge in [-0.05, 0) is 12.9 Å². The summed E-state index contributed by atoms with van der Waals surface area (Å²) >= 11 is 0. The van der Waals surface area contributed by atoms with E-state index >= 15 is 0 Å². The molecular weight excluding hydrogens is 135 g/mol. The lowest BCUT2D eigenvalue weighted by Gasteiger charge is -2.27. The first-order valence-electron chi connectivity index (χ1n) is 4.23. The smallest absolute Gasteiger partial charge is 0.145 e. The summed E-state index contributed by atoms with van der Waals surface area (Å²) in [5.74, 6) is 1.49. The Balaban J connectivity index is 2.01. The van der Waals surface area contributed by atoms with Gasteiger partial charge in [0.1, 0.15) is 7.28 Å². The molecule has 0 aromatic rings. The summed E-state index contributed by atoms with van der Waals surface area (Å²) in [5, 5.41) is 0. The van der Waals surface area contributed by atoms with Crippen molar-refractivity contribution in [3.8, 4) is 0 Å². The highest BCUT2D eigenvalue weighted by molar-refractivity contribution is 6.53. The summed E-state index contributed by atoms with van der Waals surface area (Å²) in [6.45, 7) is 4.50. The maximum Gasteiger partial charge on any atom is 0.145 e. The average molecular weight is 149 g/mol. The highest BCUT2D eigenvalue weighted by Gasteiger charge is 2.41. The van der Waals surface area contributed by atoms with E-state index in [9.17, 15) is 0 Å². The van der Waals surface area contributed by atoms with E-state index in [0.29, 0.717) is 12.1 Å². The molecule has 0 amide bonds. The second kappa shape index (κ2) is 2.19. The van der Waals surface area contributed by atoms with Crippen molar-refractivity contribution in [2.24, 2.45) is 0 Å². The minimum absolute atomic E-state index is 0.543. The number of rotatable bonds is 1. The Kier molecular flexibility index (Phi) is 1.41. The average Bonchev–Trinajstić information content (AvgIpc) is 2.58. The molecule has 2 heterocycles. The third-order valence-corrected chi connectivity index (χ3v) is 2.74. The van der Waals surface area contributed by atoms with Gasteiger partial charge in [-0.25, -0.2) is 0 Å². The molecule has 59 valence electrons. The van der Waals surface area contributed by atoms with Crippen molar-refractivity contribution in [2.45, 2.75) is 31.8 Å². The molecule has 2 aliphatic heterocycles. The molecule has 0 aromatic carbocycles. The highest BCUT2D eigenvalue weighted by Crippen LogP contribution is 2.35. The largest absolute Gasteiger partial charge is 0.362 e. The monoisotopic (exact) mass is 149 g/mol. The van der Waals surface area contributed by atoms with Gasteiger partial charge >= 0.3 is 0 Å². The Morgan fingerprint density at radius 2 is 1.91 bits per heavy atom. The number of nitrogens with zero attached hydrogens (tertiary/aromatic N) is 2. The zero-order valence-corrected chi connectivity index (χ0v) is 7.36. The minimum atomic E-state index is 0.543. The standard InChI is InChI=1S/C8H14BN2/c1-6-8(9-6)11-5-4-10(3)7(11)2/h4-8H,1-3H3/t6?,7-,8?/m0/s1. The van der Waals surface area contributed by atoms with E-state index in [0.717, 1.165) is 5.82 Å². The van der Waals surface area contributed by atoms with Crippen molar-refractivity contribution in [2.75, 3.05) is 7.05 Å². The van der Waals surface area contributed by atoms with Gasteiger partial charge < -0.3 is 9.80 Å². The Hall–Kier alpha value is -0.595. The van der Waals surface area contributed by atoms with Gasteiger partial charge in [0.15, 0.2) is 0 Å². The van der Waals surface area contributed by atoms with Crippen molar-refractivity contribution < 1.29 is 0 Å². The van der Waals surface area contributed by atoms with Gasteiger partial charge in [-0.15, -0.1) is 0 Å². The molecule has 2 nitrogen and oxygen atoms in total. The summed E-state index contributed by atoms with van der Waals surface area (Å²) in [5.41, 5.74) is 0. The molecule has 0 spiro atoms. The molecule has 0 aromatic heterocycles. The van der Waals surface area contributed by atoms with Crippen LogP contribution < -0.4 is 0 Å². The van der Waals surface area contributed by atoms with Gasteiger partial charge in [0.05, 0.1) is 6.17 Å². The Bertz CT molecular complexity index is 193. The molecule has 0 aliphatic carbocycles. The summed E-state index contributed by atoms with van der Waals surface area (Å²) in [4.78, 5) is 4.64. The third kappa shape index (κ3) is 1.03. The van der Waals surface area contributed by atoms with Gasteiger partial charge in [0.2, 0.25) is 0 Å². The highest BCUT2D eigenvalue weighted by atomic mass is 15.4. The van der Waals surface area contributed by atoms with E-state index in [1.165, 1.54) is 0 Å². The maximum atomic E-state index is 2.41. The SMILES string of the molecule is CC1[B]C1N1C=CN(C)[C@@H]1C. The fraction of sp³-hybridized carbons (Fsp3) is 0.750. The second-order valence-corrected chi connectivity index (χ2v) is 3.58. The molecule has 1 saturated heterocycles. The molecule has 11 heavy (non-hydrogen) atoms. The summed E-state index contributed by atoms with van der Waals surface area (Å²) in [6.07, 6.45) is 4.88. The molecule has 1 radical (unpaired) electrons. The number of hydrogen-bond donors (Lipinski definition) is 0. The van der Waals surface area contributed by atoms with Crippen molar-refractivity contribution in [3.63, 3.8) is 0 Å². The van der Waals surface area contributed by atoms with Crippen LogP contribution >= 0.6 is 0 Å². The molecule has 0 bridgehead atoms. The molecule has 3 atom stereocenters. The van der Waals surface area contributed by atoms with Crippen molar-refractivity contribution in [1.82, 2.24) is 9.80 Å². The Morgan fingerprint density at radius 1 is 1.27 bits per heavy atom. The van der Waals surface area contributed by atoms with Crippen LogP contribution in [0.3, 0.4) is 0 Å². The van der Waals surface area contributed by atoms with Crippen LogP contribution in [0, 0.1) is 0 Å². The van der Waals surface area contributed by atoms with Gasteiger partial charge in [-0.2, -0.15) is 0 Å². The Morgan fingerprint density at radius 3 is 2.27 bits per heavy atom. The molecule has 2 rings (SSSR count). The van der Waals surface area contributed by atoms with E-state index in [2.05, 4.69) is 50.4 Å². The summed E-state index contributed by atoms with van der Waals surface area (Å²) in [7, 11) is 4.49. The molecule has 0 saturated carbocycles. The third-order valence-electron chi connectivity index (χ3n) is 2.74. The fourth-order valence-corrected chi connectivity index (χ4v) is 1.61. The predicted molar refractivity (Wildman–Crippen MR) is 47.2 cm³/mol. The van der Waals surface area contributed by atoms with Crippen LogP contribution in [0.1, 0.15) is 13.8 Å². The van der Waals surface area contributed by atoms with Crippen LogP contribution in [-0.2, 0) is 0 Å². The van der Waals surface area contributed by atoms with Crippen LogP contribution in [0.15, 0.2) is 12.4 Å². The van der Waals surface area contributed by atoms with Crippen LogP contribution in [0.25, 0.3) is 0 Å². The van der Waals surface area contributed by atoms with Gasteiger partial charge in [-0.3, -0.25) is 0 Å². The fourth-order valence-electron chi connectivity index (χ4n) is 1.61. The molecule has 2 unspecified atom stereocenters. The first-order valence-corrected chi connectivity index (χ1v) is 4.23. The molecule has 0 N–H and O–H groups in total. The number of hydrogen-bond acceptors (Lipinski definition) is 2. The van der Waals surface area contributed by atoms with E-state index in [1.54, 1.807) is 0 Å². The second-order valence-electron chi connectivity index (χ2n) is 3.58. The van der Waals surface area contributed by atoms with E-state index in [1.807, 2.05) is 0 Å². The summed E-state index contributed by atoms with van der Waals surface area (Å²) < 4.78 is 0. The van der Waals surface area contributed by atoms with E-state index < -0.39 is 0 Å². The lowest BCUT2D eigenvalue weighted by molar-refractivity contribution is 0.193. The minimum Gasteiger partial charge on any atom is -0.362 e. The maximum absolute atomic E-state index is 2.41. The van der Waals surface area contributed by atoms with Gasteiger partial charge in [0.25, 0.3) is 0 Å².